The van der Waals surface area contributed by atoms with E-state index in [1.807, 2.05) is 0 Å². The van der Waals surface area contributed by atoms with Gasteiger partial charge in [-0.1, -0.05) is 158 Å². The lowest BCUT2D eigenvalue weighted by Crippen LogP contribution is -2.09. The van der Waals surface area contributed by atoms with Crippen molar-refractivity contribution >= 4 is 71.6 Å². The SMILES string of the molecule is c1ccc(-c2cccc3ccc(-c4ccc(-c5ccc(N(c6ccccc6)c6ccc7c(c6)oc6cccc(-n8c9ccccc9c9ccccc98)c67)cc5)cc4)cc23)cc1. The predicted molar refractivity (Wildman–Crippen MR) is 257 cm³/mol. The highest BCUT2D eigenvalue weighted by Crippen LogP contribution is 2.42. The minimum atomic E-state index is 0.848. The van der Waals surface area contributed by atoms with E-state index in [-0.39, 0.29) is 0 Å². The number of aromatic nitrogens is 1. The molecule has 12 rings (SSSR count). The van der Waals surface area contributed by atoms with Crippen molar-refractivity contribution < 1.29 is 4.42 Å². The Kier molecular flexibility index (Phi) is 8.17. The van der Waals surface area contributed by atoms with Crippen LogP contribution in [0.4, 0.5) is 17.1 Å². The zero-order chi connectivity index (χ0) is 40.3. The largest absolute Gasteiger partial charge is 0.456 e. The van der Waals surface area contributed by atoms with E-state index in [9.17, 15) is 0 Å². The Bertz CT molecular complexity index is 3510. The molecule has 3 nitrogen and oxygen atoms in total. The first-order chi connectivity index (χ1) is 30.2. The molecular weight excluding hydrogens is 741 g/mol. The summed E-state index contributed by atoms with van der Waals surface area (Å²) < 4.78 is 9.08. The van der Waals surface area contributed by atoms with Crippen LogP contribution >= 0.6 is 0 Å². The van der Waals surface area contributed by atoms with Gasteiger partial charge in [-0.15, -0.1) is 0 Å². The second-order valence-corrected chi connectivity index (χ2v) is 15.7. The molecule has 10 aromatic carbocycles. The Labute approximate surface area is 353 Å². The molecule has 0 bridgehead atoms. The highest BCUT2D eigenvalue weighted by atomic mass is 16.3. The van der Waals surface area contributed by atoms with Gasteiger partial charge in [0, 0.05) is 39.3 Å². The van der Waals surface area contributed by atoms with Crippen LogP contribution in [0.5, 0.6) is 0 Å². The lowest BCUT2D eigenvalue weighted by atomic mass is 9.94. The molecule has 2 heterocycles. The van der Waals surface area contributed by atoms with Gasteiger partial charge in [-0.25, -0.2) is 0 Å². The summed E-state index contributed by atoms with van der Waals surface area (Å²) >= 11 is 0. The van der Waals surface area contributed by atoms with E-state index in [1.165, 1.54) is 66.0 Å². The van der Waals surface area contributed by atoms with E-state index in [2.05, 4.69) is 240 Å². The monoisotopic (exact) mass is 778 g/mol. The third-order valence-electron chi connectivity index (χ3n) is 12.2. The van der Waals surface area contributed by atoms with Crippen molar-refractivity contribution in [2.45, 2.75) is 0 Å². The van der Waals surface area contributed by atoms with Crippen LogP contribution in [0.3, 0.4) is 0 Å². The molecule has 286 valence electrons. The van der Waals surface area contributed by atoms with Gasteiger partial charge in [0.2, 0.25) is 0 Å². The minimum Gasteiger partial charge on any atom is -0.456 e. The summed E-state index contributed by atoms with van der Waals surface area (Å²) in [6.07, 6.45) is 0. The number of para-hydroxylation sites is 3. The van der Waals surface area contributed by atoms with Crippen LogP contribution in [-0.4, -0.2) is 4.57 Å². The van der Waals surface area contributed by atoms with Gasteiger partial charge in [-0.3, -0.25) is 0 Å². The molecule has 0 saturated heterocycles. The van der Waals surface area contributed by atoms with Gasteiger partial charge in [0.25, 0.3) is 0 Å². The summed E-state index contributed by atoms with van der Waals surface area (Å²) in [4.78, 5) is 2.30. The molecule has 0 spiro atoms. The average molecular weight is 779 g/mol. The molecule has 0 radical (unpaired) electrons. The zero-order valence-corrected chi connectivity index (χ0v) is 33.2. The van der Waals surface area contributed by atoms with Crippen molar-refractivity contribution in [2.24, 2.45) is 0 Å². The second kappa shape index (κ2) is 14.3. The number of benzene rings is 10. The lowest BCUT2D eigenvalue weighted by molar-refractivity contribution is 0.669. The first-order valence-electron chi connectivity index (χ1n) is 20.8. The Morgan fingerprint density at radius 3 is 1.62 bits per heavy atom. The number of nitrogens with zero attached hydrogens (tertiary/aromatic N) is 2. The van der Waals surface area contributed by atoms with Crippen molar-refractivity contribution in [3.63, 3.8) is 0 Å². The number of hydrogen-bond donors (Lipinski definition) is 0. The summed E-state index contributed by atoms with van der Waals surface area (Å²) in [6, 6.07) is 82.7. The normalized spacial score (nSPS) is 11.6. The van der Waals surface area contributed by atoms with Crippen LogP contribution in [0.1, 0.15) is 0 Å². The molecule has 0 N–H and O–H groups in total. The highest BCUT2D eigenvalue weighted by molar-refractivity contribution is 6.14. The van der Waals surface area contributed by atoms with Crippen LogP contribution in [0.25, 0.3) is 93.6 Å². The number of rotatable bonds is 7. The maximum Gasteiger partial charge on any atom is 0.137 e. The van der Waals surface area contributed by atoms with E-state index < -0.39 is 0 Å². The van der Waals surface area contributed by atoms with Crippen LogP contribution in [0.2, 0.25) is 0 Å². The fourth-order valence-electron chi connectivity index (χ4n) is 9.31. The van der Waals surface area contributed by atoms with Gasteiger partial charge in [0.1, 0.15) is 11.2 Å². The Hall–Kier alpha value is -8.14. The summed E-state index contributed by atoms with van der Waals surface area (Å²) in [5.74, 6) is 0. The van der Waals surface area contributed by atoms with Crippen molar-refractivity contribution in [3.8, 4) is 39.1 Å². The van der Waals surface area contributed by atoms with Crippen molar-refractivity contribution in [2.75, 3.05) is 4.90 Å². The van der Waals surface area contributed by atoms with Crippen molar-refractivity contribution in [1.82, 2.24) is 4.57 Å². The fraction of sp³-hybridized carbons (Fsp3) is 0. The van der Waals surface area contributed by atoms with Crippen LogP contribution in [0, 0.1) is 0 Å². The van der Waals surface area contributed by atoms with Gasteiger partial charge < -0.3 is 13.9 Å². The van der Waals surface area contributed by atoms with Gasteiger partial charge in [-0.05, 0) is 111 Å². The molecule has 61 heavy (non-hydrogen) atoms. The number of hydrogen-bond acceptors (Lipinski definition) is 2. The van der Waals surface area contributed by atoms with Gasteiger partial charge in [-0.2, -0.15) is 0 Å². The quantitative estimate of drug-likeness (QED) is 0.161. The van der Waals surface area contributed by atoms with E-state index in [0.29, 0.717) is 0 Å². The number of fused-ring (bicyclic) bond motifs is 7. The fourth-order valence-corrected chi connectivity index (χ4v) is 9.31. The maximum atomic E-state index is 6.70. The van der Waals surface area contributed by atoms with Crippen molar-refractivity contribution in [1.29, 1.82) is 0 Å². The second-order valence-electron chi connectivity index (χ2n) is 15.7. The van der Waals surface area contributed by atoms with E-state index in [1.54, 1.807) is 0 Å². The number of anilines is 3. The van der Waals surface area contributed by atoms with Gasteiger partial charge >= 0.3 is 0 Å². The lowest BCUT2D eigenvalue weighted by Gasteiger charge is -2.25. The van der Waals surface area contributed by atoms with Crippen LogP contribution in [-0.2, 0) is 0 Å². The Morgan fingerprint density at radius 2 is 0.902 bits per heavy atom. The molecule has 0 aliphatic heterocycles. The van der Waals surface area contributed by atoms with E-state index >= 15 is 0 Å². The molecule has 2 aromatic heterocycles. The van der Waals surface area contributed by atoms with E-state index in [4.69, 9.17) is 4.42 Å². The predicted octanol–water partition coefficient (Wildman–Crippen LogP) is 16.3. The molecule has 0 saturated carbocycles. The molecular formula is C58H38N2O. The zero-order valence-electron chi connectivity index (χ0n) is 33.2. The highest BCUT2D eigenvalue weighted by Gasteiger charge is 2.20. The third-order valence-corrected chi connectivity index (χ3v) is 12.2. The first kappa shape index (κ1) is 34.9. The minimum absolute atomic E-state index is 0.848. The average Bonchev–Trinajstić information content (AvgIpc) is 3.88. The van der Waals surface area contributed by atoms with Crippen molar-refractivity contribution in [3.05, 3.63) is 231 Å². The smallest absolute Gasteiger partial charge is 0.137 e. The number of furan rings is 1. The van der Waals surface area contributed by atoms with E-state index in [0.717, 1.165) is 44.7 Å². The Morgan fingerprint density at radius 1 is 0.328 bits per heavy atom. The first-order valence-corrected chi connectivity index (χ1v) is 20.8. The summed E-state index contributed by atoms with van der Waals surface area (Å²) in [5.41, 5.74) is 15.6. The molecule has 0 atom stereocenters. The molecule has 0 aliphatic carbocycles. The summed E-state index contributed by atoms with van der Waals surface area (Å²) in [7, 11) is 0. The standard InChI is InChI=1S/C58H38N2O/c1-3-13-42(14-4-1)48-20-11-15-43-29-30-44(37-52(43)48)41-27-25-39(26-28-41)40-31-33-46(34-32-40)59(45-16-5-2-6-17-45)47-35-36-51-57(38-47)61-56-24-12-23-55(58(51)56)60-53-21-9-7-18-49(53)50-19-8-10-22-54(50)60/h1-38H. The molecule has 0 fully saturated rings. The van der Waals surface area contributed by atoms with Crippen LogP contribution in [0.15, 0.2) is 235 Å². The van der Waals surface area contributed by atoms with Gasteiger partial charge in [0.05, 0.1) is 22.1 Å². The molecule has 3 heteroatoms. The summed E-state index contributed by atoms with van der Waals surface area (Å²) in [6.45, 7) is 0. The molecule has 0 aliphatic rings. The third kappa shape index (κ3) is 5.90. The molecule has 12 aromatic rings. The van der Waals surface area contributed by atoms with Crippen LogP contribution < -0.4 is 4.90 Å². The molecule has 0 unspecified atom stereocenters. The topological polar surface area (TPSA) is 21.3 Å². The maximum absolute atomic E-state index is 6.70. The molecule has 0 amide bonds. The van der Waals surface area contributed by atoms with Gasteiger partial charge in [0.15, 0.2) is 0 Å². The summed E-state index contributed by atoms with van der Waals surface area (Å²) in [5, 5.41) is 7.18. The Balaban J connectivity index is 0.893.